The number of carbonyl (C=O) groups excluding carboxylic acids is 1. The molecule has 34 heavy (non-hydrogen) atoms. The summed E-state index contributed by atoms with van der Waals surface area (Å²) in [6.45, 7) is 3.80. The van der Waals surface area contributed by atoms with Crippen LogP contribution in [0.5, 0.6) is 23.1 Å². The number of nitrogens with zero attached hydrogens (tertiary/aromatic N) is 1. The molecule has 0 saturated heterocycles. The van der Waals surface area contributed by atoms with Crippen LogP contribution >= 0.6 is 0 Å². The Morgan fingerprint density at radius 2 is 1.68 bits per heavy atom. The molecule has 0 saturated carbocycles. The average molecular weight is 457 g/mol. The van der Waals surface area contributed by atoms with Gasteiger partial charge in [0.2, 0.25) is 5.88 Å². The number of carbonyl (C=O) groups is 1. The highest BCUT2D eigenvalue weighted by Crippen LogP contribution is 2.30. The number of amides is 1. The summed E-state index contributed by atoms with van der Waals surface area (Å²) in [5.41, 5.74) is 6.10. The van der Waals surface area contributed by atoms with E-state index in [-0.39, 0.29) is 11.4 Å². The predicted molar refractivity (Wildman–Crippen MR) is 127 cm³/mol. The van der Waals surface area contributed by atoms with Crippen LogP contribution in [-0.2, 0) is 6.54 Å². The molecule has 172 valence electrons. The SMILES string of the molecule is C=CC(O)NCc1ccc(-c2ccc(C(N)=O)c(Oc3ccc(Oc4ccccc4)cc3)n2)o1. The van der Waals surface area contributed by atoms with Crippen LogP contribution in [-0.4, -0.2) is 22.2 Å². The quantitative estimate of drug-likeness (QED) is 0.235. The third kappa shape index (κ3) is 5.69. The maximum atomic E-state index is 11.9. The van der Waals surface area contributed by atoms with E-state index in [1.54, 1.807) is 42.5 Å². The summed E-state index contributed by atoms with van der Waals surface area (Å²) in [5.74, 6) is 2.25. The van der Waals surface area contributed by atoms with E-state index >= 15 is 0 Å². The van der Waals surface area contributed by atoms with Crippen molar-refractivity contribution in [2.24, 2.45) is 5.73 Å². The molecule has 1 unspecified atom stereocenters. The Kier molecular flexibility index (Phi) is 7.02. The number of hydrogen-bond donors (Lipinski definition) is 3. The first-order valence-corrected chi connectivity index (χ1v) is 10.5. The Morgan fingerprint density at radius 1 is 1.00 bits per heavy atom. The number of pyridine rings is 1. The van der Waals surface area contributed by atoms with Crippen LogP contribution in [0.2, 0.25) is 0 Å². The van der Waals surface area contributed by atoms with Crippen LogP contribution in [0.15, 0.2) is 95.9 Å². The lowest BCUT2D eigenvalue weighted by Gasteiger charge is -2.11. The van der Waals surface area contributed by atoms with E-state index < -0.39 is 12.1 Å². The number of aliphatic hydroxyl groups excluding tert-OH is 1. The van der Waals surface area contributed by atoms with Crippen LogP contribution in [0.4, 0.5) is 0 Å². The second-order valence-corrected chi connectivity index (χ2v) is 7.23. The number of nitrogens with one attached hydrogen (secondary N) is 1. The van der Waals surface area contributed by atoms with Gasteiger partial charge in [-0.15, -0.1) is 0 Å². The van der Waals surface area contributed by atoms with Crippen molar-refractivity contribution >= 4 is 5.91 Å². The highest BCUT2D eigenvalue weighted by molar-refractivity contribution is 5.95. The van der Waals surface area contributed by atoms with Crippen molar-refractivity contribution in [2.45, 2.75) is 12.8 Å². The van der Waals surface area contributed by atoms with Gasteiger partial charge in [0.15, 0.2) is 5.76 Å². The molecule has 2 aromatic carbocycles. The van der Waals surface area contributed by atoms with Gasteiger partial charge in [-0.3, -0.25) is 10.1 Å². The van der Waals surface area contributed by atoms with Crippen molar-refractivity contribution in [2.75, 3.05) is 0 Å². The fourth-order valence-electron chi connectivity index (χ4n) is 3.05. The van der Waals surface area contributed by atoms with Crippen molar-refractivity contribution in [1.82, 2.24) is 10.3 Å². The van der Waals surface area contributed by atoms with Crippen LogP contribution in [0, 0.1) is 0 Å². The number of primary amides is 1. The number of aliphatic hydroxyl groups is 1. The van der Waals surface area contributed by atoms with E-state index in [0.29, 0.717) is 41.0 Å². The first-order valence-electron chi connectivity index (χ1n) is 10.5. The molecule has 8 heteroatoms. The third-order valence-corrected chi connectivity index (χ3v) is 4.77. The van der Waals surface area contributed by atoms with Gasteiger partial charge < -0.3 is 24.7 Å². The minimum Gasteiger partial charge on any atom is -0.458 e. The Bertz CT molecular complexity index is 1270. The summed E-state index contributed by atoms with van der Waals surface area (Å²) in [7, 11) is 0. The summed E-state index contributed by atoms with van der Waals surface area (Å²) in [6.07, 6.45) is 0.531. The molecule has 8 nitrogen and oxygen atoms in total. The largest absolute Gasteiger partial charge is 0.458 e. The fourth-order valence-corrected chi connectivity index (χ4v) is 3.05. The van der Waals surface area contributed by atoms with Gasteiger partial charge in [-0.2, -0.15) is 0 Å². The molecule has 0 aliphatic carbocycles. The van der Waals surface area contributed by atoms with Crippen LogP contribution in [0.3, 0.4) is 0 Å². The molecule has 4 aromatic rings. The van der Waals surface area contributed by atoms with Crippen LogP contribution in [0.25, 0.3) is 11.5 Å². The second kappa shape index (κ2) is 10.5. The average Bonchev–Trinajstić information content (AvgIpc) is 3.33. The summed E-state index contributed by atoms with van der Waals surface area (Å²) < 4.78 is 17.4. The lowest BCUT2D eigenvalue weighted by Crippen LogP contribution is -2.25. The van der Waals surface area contributed by atoms with E-state index in [1.165, 1.54) is 12.1 Å². The molecule has 0 spiro atoms. The Hall–Kier alpha value is -4.40. The molecule has 1 amide bonds. The minimum absolute atomic E-state index is 0.0554. The van der Waals surface area contributed by atoms with E-state index in [4.69, 9.17) is 19.6 Å². The van der Waals surface area contributed by atoms with Crippen molar-refractivity contribution in [3.8, 4) is 34.6 Å². The fraction of sp³-hybridized carbons (Fsp3) is 0.0769. The molecule has 1 atom stereocenters. The number of nitrogens with two attached hydrogens (primary N) is 1. The summed E-state index contributed by atoms with van der Waals surface area (Å²) >= 11 is 0. The highest BCUT2D eigenvalue weighted by atomic mass is 16.5. The Morgan fingerprint density at radius 3 is 2.35 bits per heavy atom. The zero-order valence-electron chi connectivity index (χ0n) is 18.2. The maximum Gasteiger partial charge on any atom is 0.254 e. The predicted octanol–water partition coefficient (Wildman–Crippen LogP) is 4.62. The molecule has 0 radical (unpaired) electrons. The van der Waals surface area contributed by atoms with Gasteiger partial charge in [0.1, 0.15) is 40.5 Å². The van der Waals surface area contributed by atoms with Crippen molar-refractivity contribution in [3.05, 3.63) is 103 Å². The third-order valence-electron chi connectivity index (χ3n) is 4.77. The zero-order valence-corrected chi connectivity index (χ0v) is 18.2. The topological polar surface area (TPSA) is 120 Å². The normalized spacial score (nSPS) is 11.6. The molecule has 0 fully saturated rings. The van der Waals surface area contributed by atoms with Crippen molar-refractivity contribution in [1.29, 1.82) is 0 Å². The number of benzene rings is 2. The van der Waals surface area contributed by atoms with Gasteiger partial charge in [-0.1, -0.05) is 24.8 Å². The van der Waals surface area contributed by atoms with Crippen LogP contribution in [0.1, 0.15) is 16.1 Å². The van der Waals surface area contributed by atoms with Crippen LogP contribution < -0.4 is 20.5 Å². The first kappa shape index (κ1) is 22.8. The zero-order chi connectivity index (χ0) is 23.9. The van der Waals surface area contributed by atoms with Gasteiger partial charge >= 0.3 is 0 Å². The summed E-state index contributed by atoms with van der Waals surface area (Å²) in [6, 6.07) is 23.0. The lowest BCUT2D eigenvalue weighted by atomic mass is 10.2. The lowest BCUT2D eigenvalue weighted by molar-refractivity contribution is 0.0997. The number of ether oxygens (including phenoxy) is 2. The number of hydrogen-bond acceptors (Lipinski definition) is 7. The van der Waals surface area contributed by atoms with Gasteiger partial charge in [0.05, 0.1) is 6.54 Å². The number of rotatable bonds is 10. The van der Waals surface area contributed by atoms with E-state index in [0.717, 1.165) is 0 Å². The standard InChI is InChI=1S/C26H23N3O5/c1-2-24(30)28-16-20-12-15-23(33-20)22-14-13-21(25(27)31)26(29-22)34-19-10-8-18(9-11-19)32-17-6-4-3-5-7-17/h2-15,24,28,30H,1,16H2,(H2,27,31). The smallest absolute Gasteiger partial charge is 0.254 e. The van der Waals surface area contributed by atoms with E-state index in [9.17, 15) is 9.90 Å². The van der Waals surface area contributed by atoms with Crippen molar-refractivity contribution < 1.29 is 23.8 Å². The van der Waals surface area contributed by atoms with E-state index in [2.05, 4.69) is 16.9 Å². The highest BCUT2D eigenvalue weighted by Gasteiger charge is 2.16. The molecule has 2 aromatic heterocycles. The summed E-state index contributed by atoms with van der Waals surface area (Å²) in [5, 5.41) is 12.4. The monoisotopic (exact) mass is 457 g/mol. The molecule has 2 heterocycles. The molecular formula is C26H23N3O5. The number of furan rings is 1. The second-order valence-electron chi connectivity index (χ2n) is 7.23. The van der Waals surface area contributed by atoms with Gasteiger partial charge in [0, 0.05) is 0 Å². The molecule has 0 bridgehead atoms. The van der Waals surface area contributed by atoms with Gasteiger partial charge in [-0.05, 0) is 66.7 Å². The van der Waals surface area contributed by atoms with Gasteiger partial charge in [0.25, 0.3) is 5.91 Å². The molecule has 0 aliphatic rings. The first-order chi connectivity index (χ1) is 16.5. The Labute approximate surface area is 196 Å². The minimum atomic E-state index is -0.842. The molecule has 4 rings (SSSR count). The molecule has 0 aliphatic heterocycles. The summed E-state index contributed by atoms with van der Waals surface area (Å²) in [4.78, 5) is 16.4. The number of para-hydroxylation sites is 1. The number of aromatic nitrogens is 1. The molecule has 4 N–H and O–H groups in total. The molecular weight excluding hydrogens is 434 g/mol. The van der Waals surface area contributed by atoms with E-state index in [1.807, 2.05) is 30.3 Å². The maximum absolute atomic E-state index is 11.9. The van der Waals surface area contributed by atoms with Crippen molar-refractivity contribution in [3.63, 3.8) is 0 Å². The Balaban J connectivity index is 1.52. The van der Waals surface area contributed by atoms with Gasteiger partial charge in [-0.25, -0.2) is 4.98 Å².